The average molecular weight is 306 g/mol. The number of hydrogen-bond donors (Lipinski definition) is 0. The summed E-state index contributed by atoms with van der Waals surface area (Å²) in [4.78, 5) is 4.56. The van der Waals surface area contributed by atoms with Crippen molar-refractivity contribution in [2.24, 2.45) is 0 Å². The fraction of sp³-hybridized carbons (Fsp3) is 0.0526. The summed E-state index contributed by atoms with van der Waals surface area (Å²) < 4.78 is 26.2. The van der Waals surface area contributed by atoms with Crippen molar-refractivity contribution in [1.82, 2.24) is 4.98 Å². The Kier molecular flexibility index (Phi) is 4.11. The average Bonchev–Trinajstić information content (AvgIpc) is 2.56. The SMILES string of the molecule is N#CCc1cc(-c2ccc(F)cc2)nc(-c2ccc(F)cc2)c1. The van der Waals surface area contributed by atoms with Gasteiger partial charge < -0.3 is 0 Å². The molecule has 3 aromatic rings. The maximum atomic E-state index is 13.1. The summed E-state index contributed by atoms with van der Waals surface area (Å²) in [5.74, 6) is -0.638. The smallest absolute Gasteiger partial charge is 0.123 e. The van der Waals surface area contributed by atoms with Crippen LogP contribution in [0.15, 0.2) is 60.7 Å². The molecule has 0 aliphatic carbocycles. The molecule has 0 saturated carbocycles. The molecule has 1 heterocycles. The predicted molar refractivity (Wildman–Crippen MR) is 84.3 cm³/mol. The van der Waals surface area contributed by atoms with E-state index < -0.39 is 0 Å². The third-order valence-electron chi connectivity index (χ3n) is 3.45. The Morgan fingerprint density at radius 2 is 1.22 bits per heavy atom. The van der Waals surface area contributed by atoms with Crippen molar-refractivity contribution in [2.45, 2.75) is 6.42 Å². The Labute approximate surface area is 132 Å². The first-order chi connectivity index (χ1) is 11.2. The molecule has 23 heavy (non-hydrogen) atoms. The van der Waals surface area contributed by atoms with Crippen LogP contribution >= 0.6 is 0 Å². The fourth-order valence-corrected chi connectivity index (χ4v) is 2.32. The highest BCUT2D eigenvalue weighted by atomic mass is 19.1. The maximum absolute atomic E-state index is 13.1. The van der Waals surface area contributed by atoms with E-state index in [9.17, 15) is 8.78 Å². The first-order valence-electron chi connectivity index (χ1n) is 7.05. The van der Waals surface area contributed by atoms with E-state index in [1.807, 2.05) is 12.1 Å². The molecule has 2 nitrogen and oxygen atoms in total. The molecule has 0 radical (unpaired) electrons. The summed E-state index contributed by atoms with van der Waals surface area (Å²) >= 11 is 0. The van der Waals surface area contributed by atoms with Crippen molar-refractivity contribution >= 4 is 0 Å². The lowest BCUT2D eigenvalue weighted by Gasteiger charge is -2.08. The van der Waals surface area contributed by atoms with Gasteiger partial charge in [-0.3, -0.25) is 0 Å². The van der Waals surface area contributed by atoms with Crippen molar-refractivity contribution in [2.75, 3.05) is 0 Å². The van der Waals surface area contributed by atoms with Crippen LogP contribution in [-0.4, -0.2) is 4.98 Å². The highest BCUT2D eigenvalue weighted by Crippen LogP contribution is 2.25. The van der Waals surface area contributed by atoms with Crippen LogP contribution in [0.1, 0.15) is 5.56 Å². The van der Waals surface area contributed by atoms with Gasteiger partial charge in [0.15, 0.2) is 0 Å². The van der Waals surface area contributed by atoms with Crippen molar-refractivity contribution in [3.63, 3.8) is 0 Å². The molecule has 0 unspecified atom stereocenters. The van der Waals surface area contributed by atoms with E-state index >= 15 is 0 Å². The van der Waals surface area contributed by atoms with Crippen LogP contribution in [0.25, 0.3) is 22.5 Å². The monoisotopic (exact) mass is 306 g/mol. The molecule has 0 atom stereocenters. The maximum Gasteiger partial charge on any atom is 0.123 e. The quantitative estimate of drug-likeness (QED) is 0.699. The number of benzene rings is 2. The molecule has 1 aromatic heterocycles. The lowest BCUT2D eigenvalue weighted by Crippen LogP contribution is -1.93. The van der Waals surface area contributed by atoms with Gasteiger partial charge in [0.1, 0.15) is 11.6 Å². The van der Waals surface area contributed by atoms with Gasteiger partial charge in [0, 0.05) is 11.1 Å². The van der Waals surface area contributed by atoms with E-state index in [0.717, 1.165) is 16.7 Å². The summed E-state index contributed by atoms with van der Waals surface area (Å²) in [5, 5.41) is 8.95. The van der Waals surface area contributed by atoms with E-state index in [1.54, 1.807) is 24.3 Å². The minimum Gasteiger partial charge on any atom is -0.248 e. The molecule has 0 fully saturated rings. The number of hydrogen-bond acceptors (Lipinski definition) is 2. The highest BCUT2D eigenvalue weighted by molar-refractivity contribution is 5.67. The van der Waals surface area contributed by atoms with Crippen LogP contribution in [0.5, 0.6) is 0 Å². The topological polar surface area (TPSA) is 36.7 Å². The number of rotatable bonds is 3. The van der Waals surface area contributed by atoms with Gasteiger partial charge in [-0.1, -0.05) is 0 Å². The molecule has 0 saturated heterocycles. The van der Waals surface area contributed by atoms with Crippen LogP contribution in [0, 0.1) is 23.0 Å². The number of aromatic nitrogens is 1. The Morgan fingerprint density at radius 1 is 0.783 bits per heavy atom. The Morgan fingerprint density at radius 3 is 1.61 bits per heavy atom. The van der Waals surface area contributed by atoms with Gasteiger partial charge in [-0.05, 0) is 66.2 Å². The van der Waals surface area contributed by atoms with Gasteiger partial charge in [0.05, 0.1) is 23.9 Å². The van der Waals surface area contributed by atoms with Crippen molar-refractivity contribution in [3.05, 3.63) is 77.9 Å². The van der Waals surface area contributed by atoms with Crippen LogP contribution in [0.4, 0.5) is 8.78 Å². The van der Waals surface area contributed by atoms with Crippen molar-refractivity contribution < 1.29 is 8.78 Å². The second-order valence-corrected chi connectivity index (χ2v) is 5.09. The molecule has 0 aliphatic rings. The van der Waals surface area contributed by atoms with Gasteiger partial charge in [-0.2, -0.15) is 5.26 Å². The summed E-state index contributed by atoms with van der Waals surface area (Å²) in [5.41, 5.74) is 3.62. The third-order valence-corrected chi connectivity index (χ3v) is 3.45. The van der Waals surface area contributed by atoms with E-state index in [2.05, 4.69) is 11.1 Å². The lowest BCUT2D eigenvalue weighted by molar-refractivity contribution is 0.627. The molecule has 0 N–H and O–H groups in total. The van der Waals surface area contributed by atoms with Crippen LogP contribution in [-0.2, 0) is 6.42 Å². The largest absolute Gasteiger partial charge is 0.248 e. The standard InChI is InChI=1S/C19H12F2N2/c20-16-5-1-14(2-6-16)18-11-13(9-10-22)12-19(23-18)15-3-7-17(21)8-4-15/h1-8,11-12H,9H2. The first-order valence-corrected chi connectivity index (χ1v) is 7.05. The number of nitrogens with zero attached hydrogens (tertiary/aromatic N) is 2. The number of nitriles is 1. The highest BCUT2D eigenvalue weighted by Gasteiger charge is 2.08. The van der Waals surface area contributed by atoms with E-state index in [1.165, 1.54) is 24.3 Å². The zero-order valence-corrected chi connectivity index (χ0v) is 12.1. The fourth-order valence-electron chi connectivity index (χ4n) is 2.32. The molecule has 2 aromatic carbocycles. The Balaban J connectivity index is 2.11. The third kappa shape index (κ3) is 3.41. The number of pyridine rings is 1. The van der Waals surface area contributed by atoms with Crippen LogP contribution < -0.4 is 0 Å². The molecule has 0 spiro atoms. The molecule has 112 valence electrons. The second-order valence-electron chi connectivity index (χ2n) is 5.09. The second kappa shape index (κ2) is 6.37. The summed E-state index contributed by atoms with van der Waals surface area (Å²) in [6, 6.07) is 17.8. The van der Waals surface area contributed by atoms with Crippen molar-refractivity contribution in [3.8, 4) is 28.6 Å². The van der Waals surface area contributed by atoms with Gasteiger partial charge in [0.2, 0.25) is 0 Å². The van der Waals surface area contributed by atoms with Gasteiger partial charge in [-0.25, -0.2) is 13.8 Å². The molecule has 0 amide bonds. The first kappa shape index (κ1) is 14.9. The van der Waals surface area contributed by atoms with Gasteiger partial charge >= 0.3 is 0 Å². The summed E-state index contributed by atoms with van der Waals surface area (Å²) in [6.45, 7) is 0. The Hall–Kier alpha value is -3.06. The molecule has 3 rings (SSSR count). The molecular formula is C19H12F2N2. The van der Waals surface area contributed by atoms with E-state index in [4.69, 9.17) is 5.26 Å². The minimum absolute atomic E-state index is 0.241. The Bertz CT molecular complexity index is 800. The molecule has 4 heteroatoms. The zero-order chi connectivity index (χ0) is 16.2. The lowest BCUT2D eigenvalue weighted by atomic mass is 10.0. The van der Waals surface area contributed by atoms with Crippen molar-refractivity contribution in [1.29, 1.82) is 5.26 Å². The van der Waals surface area contributed by atoms with Crippen LogP contribution in [0.3, 0.4) is 0 Å². The van der Waals surface area contributed by atoms with E-state index in [0.29, 0.717) is 11.4 Å². The summed E-state index contributed by atoms with van der Waals surface area (Å²) in [7, 11) is 0. The normalized spacial score (nSPS) is 10.3. The number of halogens is 2. The zero-order valence-electron chi connectivity index (χ0n) is 12.1. The molecule has 0 bridgehead atoms. The van der Waals surface area contributed by atoms with Crippen LogP contribution in [0.2, 0.25) is 0 Å². The summed E-state index contributed by atoms with van der Waals surface area (Å²) in [6.07, 6.45) is 0.241. The van der Waals surface area contributed by atoms with Gasteiger partial charge in [-0.15, -0.1) is 0 Å². The van der Waals surface area contributed by atoms with Gasteiger partial charge in [0.25, 0.3) is 0 Å². The predicted octanol–water partition coefficient (Wildman–Crippen LogP) is 4.76. The molecule has 0 aliphatic heterocycles. The van der Waals surface area contributed by atoms with E-state index in [-0.39, 0.29) is 18.1 Å². The minimum atomic E-state index is -0.319. The molecular weight excluding hydrogens is 294 g/mol.